The van der Waals surface area contributed by atoms with Gasteiger partial charge >= 0.3 is 6.61 Å². The molecule has 0 aliphatic rings. The zero-order valence-electron chi connectivity index (χ0n) is 17.7. The van der Waals surface area contributed by atoms with Gasteiger partial charge in [-0.05, 0) is 49.8 Å². The molecule has 1 aromatic heterocycles. The van der Waals surface area contributed by atoms with Crippen LogP contribution in [0.2, 0.25) is 0 Å². The highest BCUT2D eigenvalue weighted by Crippen LogP contribution is 2.30. The van der Waals surface area contributed by atoms with E-state index in [1.165, 1.54) is 23.1 Å². The van der Waals surface area contributed by atoms with E-state index in [-0.39, 0.29) is 36.1 Å². The maximum atomic E-state index is 12.7. The molecule has 0 bridgehead atoms. The standard InChI is InChI=1S/C23H23F2N3O4/c1-3-28(14-20-26-17-8-6-5-7-16(17)22(30)27-20)21(29)12-10-15-9-11-18(32-23(24)25)19(13-15)31-4-2/h5-13,23H,3-4,14H2,1-2H3,(H,26,27,30)/b12-10-. The summed E-state index contributed by atoms with van der Waals surface area (Å²) in [5, 5.41) is 0.481. The lowest BCUT2D eigenvalue weighted by atomic mass is 10.2. The Morgan fingerprint density at radius 3 is 2.69 bits per heavy atom. The Balaban J connectivity index is 1.76. The van der Waals surface area contributed by atoms with Crippen LogP contribution in [-0.2, 0) is 11.3 Å². The Bertz CT molecular complexity index is 1180. The molecule has 3 rings (SSSR count). The molecule has 0 fully saturated rings. The van der Waals surface area contributed by atoms with Crippen LogP contribution in [0, 0.1) is 0 Å². The number of halogens is 2. The van der Waals surface area contributed by atoms with Crippen molar-refractivity contribution in [3.63, 3.8) is 0 Å². The number of nitrogens with zero attached hydrogens (tertiary/aromatic N) is 2. The number of aromatic amines is 1. The summed E-state index contributed by atoms with van der Waals surface area (Å²) in [4.78, 5) is 33.6. The molecular weight excluding hydrogens is 420 g/mol. The number of H-pyrrole nitrogens is 1. The number of benzene rings is 2. The number of amides is 1. The van der Waals surface area contributed by atoms with E-state index in [0.717, 1.165) is 0 Å². The minimum absolute atomic E-state index is 0.0770. The summed E-state index contributed by atoms with van der Waals surface area (Å²) in [5.74, 6) is 0.165. The van der Waals surface area contributed by atoms with Crippen molar-refractivity contribution in [2.24, 2.45) is 0 Å². The first kappa shape index (κ1) is 22.9. The number of rotatable bonds is 9. The van der Waals surface area contributed by atoms with Crippen molar-refractivity contribution in [2.45, 2.75) is 27.0 Å². The fourth-order valence-corrected chi connectivity index (χ4v) is 3.10. The number of likely N-dealkylation sites (N-methyl/N-ethyl adjacent to an activating group) is 1. The van der Waals surface area contributed by atoms with E-state index < -0.39 is 6.61 Å². The highest BCUT2D eigenvalue weighted by Gasteiger charge is 2.13. The Kier molecular flexibility index (Phi) is 7.54. The summed E-state index contributed by atoms with van der Waals surface area (Å²) in [7, 11) is 0. The van der Waals surface area contributed by atoms with Crippen LogP contribution in [0.4, 0.5) is 8.78 Å². The molecule has 1 heterocycles. The summed E-state index contributed by atoms with van der Waals surface area (Å²) < 4.78 is 34.9. The molecule has 0 radical (unpaired) electrons. The molecule has 1 amide bonds. The minimum atomic E-state index is -2.97. The largest absolute Gasteiger partial charge is 0.490 e. The van der Waals surface area contributed by atoms with Crippen LogP contribution < -0.4 is 15.0 Å². The van der Waals surface area contributed by atoms with Crippen molar-refractivity contribution in [1.82, 2.24) is 14.9 Å². The van der Waals surface area contributed by atoms with Gasteiger partial charge in [0.2, 0.25) is 5.91 Å². The van der Waals surface area contributed by atoms with E-state index in [4.69, 9.17) is 4.74 Å². The van der Waals surface area contributed by atoms with Crippen LogP contribution in [-0.4, -0.2) is 40.5 Å². The third-order valence-corrected chi connectivity index (χ3v) is 4.60. The summed E-state index contributed by atoms with van der Waals surface area (Å²) >= 11 is 0. The van der Waals surface area contributed by atoms with Crippen LogP contribution in [0.3, 0.4) is 0 Å². The third kappa shape index (κ3) is 5.69. The Hall–Kier alpha value is -3.75. The second-order valence-corrected chi connectivity index (χ2v) is 6.73. The van der Waals surface area contributed by atoms with Crippen molar-refractivity contribution in [3.05, 3.63) is 70.3 Å². The van der Waals surface area contributed by atoms with Crippen LogP contribution in [0.1, 0.15) is 25.2 Å². The van der Waals surface area contributed by atoms with Crippen molar-refractivity contribution in [3.8, 4) is 11.5 Å². The molecule has 0 saturated heterocycles. The van der Waals surface area contributed by atoms with Crippen LogP contribution in [0.5, 0.6) is 11.5 Å². The first-order valence-corrected chi connectivity index (χ1v) is 10.1. The van der Waals surface area contributed by atoms with Gasteiger partial charge in [0.1, 0.15) is 5.82 Å². The van der Waals surface area contributed by atoms with E-state index >= 15 is 0 Å². The predicted octanol–water partition coefficient (Wildman–Crippen LogP) is 3.99. The number of alkyl halides is 2. The fourth-order valence-electron chi connectivity index (χ4n) is 3.10. The van der Waals surface area contributed by atoms with Crippen molar-refractivity contribution in [2.75, 3.05) is 13.2 Å². The number of carbonyl (C=O) groups is 1. The Labute approximate surface area is 183 Å². The zero-order valence-corrected chi connectivity index (χ0v) is 17.7. The highest BCUT2D eigenvalue weighted by atomic mass is 19.3. The van der Waals surface area contributed by atoms with Gasteiger partial charge in [-0.25, -0.2) is 4.98 Å². The number of para-hydroxylation sites is 1. The van der Waals surface area contributed by atoms with E-state index in [2.05, 4.69) is 14.7 Å². The summed E-state index contributed by atoms with van der Waals surface area (Å²) in [6.07, 6.45) is 2.91. The number of fused-ring (bicyclic) bond motifs is 1. The molecule has 0 unspecified atom stereocenters. The second-order valence-electron chi connectivity index (χ2n) is 6.73. The number of hydrogen-bond acceptors (Lipinski definition) is 5. The van der Waals surface area contributed by atoms with Gasteiger partial charge in [-0.15, -0.1) is 0 Å². The molecule has 0 aliphatic heterocycles. The normalized spacial score (nSPS) is 11.3. The van der Waals surface area contributed by atoms with E-state index in [1.807, 2.05) is 6.92 Å². The number of ether oxygens (including phenoxy) is 2. The molecular formula is C23H23F2N3O4. The van der Waals surface area contributed by atoms with E-state index in [0.29, 0.717) is 28.8 Å². The van der Waals surface area contributed by atoms with Gasteiger partial charge < -0.3 is 19.4 Å². The molecule has 0 saturated carbocycles. The zero-order chi connectivity index (χ0) is 23.1. The average molecular weight is 443 g/mol. The van der Waals surface area contributed by atoms with Gasteiger partial charge in [0.25, 0.3) is 5.56 Å². The number of aromatic nitrogens is 2. The molecule has 1 N–H and O–H groups in total. The van der Waals surface area contributed by atoms with Crippen molar-refractivity contribution < 1.29 is 23.0 Å². The molecule has 32 heavy (non-hydrogen) atoms. The van der Waals surface area contributed by atoms with Gasteiger partial charge in [-0.2, -0.15) is 8.78 Å². The average Bonchev–Trinajstić information content (AvgIpc) is 2.77. The van der Waals surface area contributed by atoms with Gasteiger partial charge in [0, 0.05) is 12.6 Å². The molecule has 0 spiro atoms. The van der Waals surface area contributed by atoms with Crippen LogP contribution >= 0.6 is 0 Å². The second kappa shape index (κ2) is 10.5. The number of carbonyl (C=O) groups excluding carboxylic acids is 1. The predicted molar refractivity (Wildman–Crippen MR) is 117 cm³/mol. The lowest BCUT2D eigenvalue weighted by Crippen LogP contribution is -2.30. The summed E-state index contributed by atoms with van der Waals surface area (Å²) in [5.41, 5.74) is 0.871. The SMILES string of the molecule is CCOc1cc(/C=C\C(=O)N(CC)Cc2nc3ccccc3c(=O)[nH]2)ccc1OC(F)F. The molecule has 0 aliphatic carbocycles. The smallest absolute Gasteiger partial charge is 0.387 e. The molecule has 0 atom stereocenters. The summed E-state index contributed by atoms with van der Waals surface area (Å²) in [6, 6.07) is 11.4. The van der Waals surface area contributed by atoms with Gasteiger partial charge in [0.15, 0.2) is 11.5 Å². The van der Waals surface area contributed by atoms with E-state index in [1.54, 1.807) is 43.3 Å². The first-order chi connectivity index (χ1) is 15.4. The van der Waals surface area contributed by atoms with Gasteiger partial charge in [0.05, 0.1) is 24.1 Å². The first-order valence-electron chi connectivity index (χ1n) is 10.1. The lowest BCUT2D eigenvalue weighted by Gasteiger charge is -2.18. The monoisotopic (exact) mass is 443 g/mol. The lowest BCUT2D eigenvalue weighted by molar-refractivity contribution is -0.126. The van der Waals surface area contributed by atoms with Gasteiger partial charge in [-0.1, -0.05) is 18.2 Å². The Morgan fingerprint density at radius 1 is 1.19 bits per heavy atom. The maximum absolute atomic E-state index is 12.7. The molecule has 168 valence electrons. The number of hydrogen-bond donors (Lipinski definition) is 1. The van der Waals surface area contributed by atoms with Crippen molar-refractivity contribution in [1.29, 1.82) is 0 Å². The van der Waals surface area contributed by atoms with Gasteiger partial charge in [-0.3, -0.25) is 9.59 Å². The van der Waals surface area contributed by atoms with E-state index in [9.17, 15) is 18.4 Å². The maximum Gasteiger partial charge on any atom is 0.387 e. The van der Waals surface area contributed by atoms with Crippen LogP contribution in [0.15, 0.2) is 53.3 Å². The summed E-state index contributed by atoms with van der Waals surface area (Å²) in [6.45, 7) is 1.37. The molecule has 3 aromatic rings. The fraction of sp³-hybridized carbons (Fsp3) is 0.261. The quantitative estimate of drug-likeness (QED) is 0.506. The topological polar surface area (TPSA) is 84.5 Å². The molecule has 9 heteroatoms. The Morgan fingerprint density at radius 2 is 1.97 bits per heavy atom. The molecule has 2 aromatic carbocycles. The highest BCUT2D eigenvalue weighted by molar-refractivity contribution is 5.91. The molecule has 7 nitrogen and oxygen atoms in total. The minimum Gasteiger partial charge on any atom is -0.490 e. The van der Waals surface area contributed by atoms with Crippen LogP contribution in [0.25, 0.3) is 17.0 Å². The number of nitrogens with one attached hydrogen (secondary N) is 1. The third-order valence-electron chi connectivity index (χ3n) is 4.60. The van der Waals surface area contributed by atoms with Crippen molar-refractivity contribution >= 4 is 22.9 Å².